The van der Waals surface area contributed by atoms with Gasteiger partial charge in [0.25, 0.3) is 5.91 Å². The standard InChI is InChI=1S/C29H26BrCl2N3O4/c1-2-14-38-26-12-10-22(30)17-21(26)19-33-35-29(37)25(16-20-7-4-3-5-8-20)34-28(36)9-6-15-39-27-13-11-23(31)18-24(27)32/h1,3-5,7-8,10-13,17-19,25H,6,9,14-16H2,(H,34,36)(H,35,37)/b33-19-/t25-/m1/s1. The van der Waals surface area contributed by atoms with E-state index in [0.29, 0.717) is 33.5 Å². The molecule has 0 aliphatic heterocycles. The third-order valence-corrected chi connectivity index (χ3v) is 6.32. The minimum Gasteiger partial charge on any atom is -0.492 e. The van der Waals surface area contributed by atoms with Crippen molar-refractivity contribution in [2.45, 2.75) is 25.3 Å². The molecule has 3 aromatic rings. The smallest absolute Gasteiger partial charge is 0.262 e. The van der Waals surface area contributed by atoms with E-state index < -0.39 is 11.9 Å². The van der Waals surface area contributed by atoms with Gasteiger partial charge in [0, 0.05) is 27.9 Å². The van der Waals surface area contributed by atoms with E-state index in [4.69, 9.17) is 39.1 Å². The van der Waals surface area contributed by atoms with Gasteiger partial charge in [-0.15, -0.1) is 6.42 Å². The number of halogens is 3. The second-order valence-corrected chi connectivity index (χ2v) is 10.0. The number of nitrogens with zero attached hydrogens (tertiary/aromatic N) is 1. The average molecular weight is 631 g/mol. The molecule has 3 rings (SSSR count). The fourth-order valence-electron chi connectivity index (χ4n) is 3.45. The SMILES string of the molecule is C#CCOc1ccc(Br)cc1/C=N\NC(=O)[C@@H](Cc1ccccc1)NC(=O)CCCOc1ccc(Cl)cc1Cl. The number of benzene rings is 3. The summed E-state index contributed by atoms with van der Waals surface area (Å²) in [6.45, 7) is 0.364. The Morgan fingerprint density at radius 3 is 2.56 bits per heavy atom. The van der Waals surface area contributed by atoms with E-state index >= 15 is 0 Å². The quantitative estimate of drug-likeness (QED) is 0.108. The fraction of sp³-hybridized carbons (Fsp3) is 0.207. The number of carbonyl (C=O) groups is 2. The van der Waals surface area contributed by atoms with Crippen molar-refractivity contribution in [2.75, 3.05) is 13.2 Å². The van der Waals surface area contributed by atoms with Crippen LogP contribution in [0.5, 0.6) is 11.5 Å². The second-order valence-electron chi connectivity index (χ2n) is 8.25. The Morgan fingerprint density at radius 2 is 1.82 bits per heavy atom. The number of hydrazone groups is 1. The van der Waals surface area contributed by atoms with E-state index in [1.165, 1.54) is 6.21 Å². The molecule has 0 heterocycles. The highest BCUT2D eigenvalue weighted by Gasteiger charge is 2.21. The molecule has 0 saturated heterocycles. The van der Waals surface area contributed by atoms with Crippen LogP contribution >= 0.6 is 39.1 Å². The Bertz CT molecular complexity index is 1350. The van der Waals surface area contributed by atoms with Gasteiger partial charge in [-0.1, -0.05) is 75.4 Å². The van der Waals surface area contributed by atoms with Crippen LogP contribution < -0.4 is 20.2 Å². The lowest BCUT2D eigenvalue weighted by Gasteiger charge is -2.17. The summed E-state index contributed by atoms with van der Waals surface area (Å²) in [7, 11) is 0. The number of ether oxygens (including phenoxy) is 2. The van der Waals surface area contributed by atoms with Crippen molar-refractivity contribution >= 4 is 57.2 Å². The highest BCUT2D eigenvalue weighted by atomic mass is 79.9. The Kier molecular flexibility index (Phi) is 12.2. The number of terminal acetylenes is 1. The molecule has 0 bridgehead atoms. The molecule has 7 nitrogen and oxygen atoms in total. The Balaban J connectivity index is 1.59. The maximum atomic E-state index is 13.0. The monoisotopic (exact) mass is 629 g/mol. The van der Waals surface area contributed by atoms with Crippen molar-refractivity contribution in [3.63, 3.8) is 0 Å². The van der Waals surface area contributed by atoms with E-state index in [0.717, 1.165) is 10.0 Å². The highest BCUT2D eigenvalue weighted by Crippen LogP contribution is 2.27. The zero-order valence-electron chi connectivity index (χ0n) is 20.8. The van der Waals surface area contributed by atoms with Crippen LogP contribution in [0.15, 0.2) is 76.3 Å². The van der Waals surface area contributed by atoms with E-state index in [-0.39, 0.29) is 32.0 Å². The maximum Gasteiger partial charge on any atom is 0.262 e. The van der Waals surface area contributed by atoms with Gasteiger partial charge in [-0.25, -0.2) is 5.43 Å². The maximum absolute atomic E-state index is 13.0. The Hall–Kier alpha value is -3.51. The first-order valence-corrected chi connectivity index (χ1v) is 13.5. The van der Waals surface area contributed by atoms with Crippen molar-refractivity contribution in [2.24, 2.45) is 5.10 Å². The molecule has 0 fully saturated rings. The van der Waals surface area contributed by atoms with Gasteiger partial charge in [0.15, 0.2) is 0 Å². The molecule has 2 N–H and O–H groups in total. The first-order chi connectivity index (χ1) is 18.9. The predicted octanol–water partition coefficient (Wildman–Crippen LogP) is 5.80. The van der Waals surface area contributed by atoms with Gasteiger partial charge >= 0.3 is 0 Å². The molecule has 0 aliphatic rings. The molecule has 10 heteroatoms. The van der Waals surface area contributed by atoms with E-state index in [1.807, 2.05) is 36.4 Å². The topological polar surface area (TPSA) is 89.0 Å². The minimum atomic E-state index is -0.844. The van der Waals surface area contributed by atoms with Gasteiger partial charge in [-0.3, -0.25) is 9.59 Å². The largest absolute Gasteiger partial charge is 0.492 e. The van der Waals surface area contributed by atoms with Crippen molar-refractivity contribution in [1.29, 1.82) is 0 Å². The third-order valence-electron chi connectivity index (χ3n) is 5.30. The van der Waals surface area contributed by atoms with Crippen LogP contribution in [0.25, 0.3) is 0 Å². The van der Waals surface area contributed by atoms with Gasteiger partial charge in [0.05, 0.1) is 17.8 Å². The minimum absolute atomic E-state index is 0.0950. The van der Waals surface area contributed by atoms with Crippen LogP contribution in [-0.2, 0) is 16.0 Å². The molecule has 0 aliphatic carbocycles. The lowest BCUT2D eigenvalue weighted by Crippen LogP contribution is -2.46. The fourth-order valence-corrected chi connectivity index (χ4v) is 4.29. The summed E-state index contributed by atoms with van der Waals surface area (Å²) in [6, 6.07) is 18.8. The summed E-state index contributed by atoms with van der Waals surface area (Å²) >= 11 is 15.4. The first-order valence-electron chi connectivity index (χ1n) is 12.0. The van der Waals surface area contributed by atoms with Gasteiger partial charge in [0.2, 0.25) is 5.91 Å². The molecule has 202 valence electrons. The molecule has 0 unspecified atom stereocenters. The van der Waals surface area contributed by atoms with E-state index in [9.17, 15) is 9.59 Å². The van der Waals surface area contributed by atoms with Crippen LogP contribution in [0, 0.1) is 12.3 Å². The van der Waals surface area contributed by atoms with Gasteiger partial charge in [-0.05, 0) is 48.4 Å². The van der Waals surface area contributed by atoms with Crippen LogP contribution in [0.1, 0.15) is 24.0 Å². The lowest BCUT2D eigenvalue weighted by molar-refractivity contribution is -0.129. The zero-order valence-corrected chi connectivity index (χ0v) is 23.9. The van der Waals surface area contributed by atoms with Crippen molar-refractivity contribution in [3.05, 3.63) is 92.4 Å². The highest BCUT2D eigenvalue weighted by molar-refractivity contribution is 9.10. The number of nitrogens with one attached hydrogen (secondary N) is 2. The summed E-state index contributed by atoms with van der Waals surface area (Å²) < 4.78 is 12.0. The number of hydrogen-bond acceptors (Lipinski definition) is 5. The summed E-state index contributed by atoms with van der Waals surface area (Å²) in [4.78, 5) is 25.7. The molecule has 0 spiro atoms. The summed E-state index contributed by atoms with van der Waals surface area (Å²) in [5.74, 6) is 2.66. The number of rotatable bonds is 13. The predicted molar refractivity (Wildman–Crippen MR) is 157 cm³/mol. The molecule has 0 saturated carbocycles. The van der Waals surface area contributed by atoms with Crippen LogP contribution in [0.3, 0.4) is 0 Å². The van der Waals surface area contributed by atoms with Crippen LogP contribution in [-0.4, -0.2) is 37.3 Å². The molecule has 1 atom stereocenters. The normalized spacial score (nSPS) is 11.4. The molecule has 0 aromatic heterocycles. The summed E-state index contributed by atoms with van der Waals surface area (Å²) in [5, 5.41) is 7.78. The third kappa shape index (κ3) is 10.3. The van der Waals surface area contributed by atoms with E-state index in [2.05, 4.69) is 37.7 Å². The molecule has 39 heavy (non-hydrogen) atoms. The molecular formula is C29H26BrCl2N3O4. The Morgan fingerprint density at radius 1 is 1.05 bits per heavy atom. The molecule has 3 aromatic carbocycles. The molecule has 0 radical (unpaired) electrons. The Labute approximate surface area is 246 Å². The number of carbonyl (C=O) groups excluding carboxylic acids is 2. The van der Waals surface area contributed by atoms with Crippen molar-refractivity contribution in [3.8, 4) is 23.8 Å². The number of amides is 2. The van der Waals surface area contributed by atoms with Crippen LogP contribution in [0.4, 0.5) is 0 Å². The summed E-state index contributed by atoms with van der Waals surface area (Å²) in [6.07, 6.45) is 7.60. The van der Waals surface area contributed by atoms with Gasteiger partial charge in [-0.2, -0.15) is 5.10 Å². The summed E-state index contributed by atoms with van der Waals surface area (Å²) in [5.41, 5.74) is 4.02. The lowest BCUT2D eigenvalue weighted by atomic mass is 10.1. The van der Waals surface area contributed by atoms with E-state index in [1.54, 1.807) is 30.3 Å². The zero-order chi connectivity index (χ0) is 28.0. The van der Waals surface area contributed by atoms with Crippen LogP contribution in [0.2, 0.25) is 10.0 Å². The molecular weight excluding hydrogens is 605 g/mol. The van der Waals surface area contributed by atoms with Gasteiger partial charge in [0.1, 0.15) is 24.1 Å². The second kappa shape index (κ2) is 15.8. The van der Waals surface area contributed by atoms with Crippen molar-refractivity contribution in [1.82, 2.24) is 10.7 Å². The first kappa shape index (κ1) is 30.0. The number of hydrogen-bond donors (Lipinski definition) is 2. The average Bonchev–Trinajstić information content (AvgIpc) is 2.92. The van der Waals surface area contributed by atoms with Crippen molar-refractivity contribution < 1.29 is 19.1 Å². The molecule has 2 amide bonds. The van der Waals surface area contributed by atoms with Gasteiger partial charge < -0.3 is 14.8 Å².